The van der Waals surface area contributed by atoms with Crippen molar-refractivity contribution in [3.8, 4) is 0 Å². The zero-order valence-electron chi connectivity index (χ0n) is 11.4. The molecule has 0 bridgehead atoms. The average molecular weight is 290 g/mol. The molecule has 1 heterocycles. The Bertz CT molecular complexity index is 333. The standard InChI is InChI=1S/C13H22O7/c1-3-5-6-19-13-11(18)9(16)10(17)12(20-13)8(15)7(14)4-2/h4,7,9-14,16-18H,2-3,5-6H2,1H3/t7?,9-,10-,11+,12+,13?/m0/s1. The van der Waals surface area contributed by atoms with Crippen LogP contribution in [0.25, 0.3) is 0 Å². The van der Waals surface area contributed by atoms with Gasteiger partial charge >= 0.3 is 0 Å². The first-order chi connectivity index (χ1) is 9.43. The summed E-state index contributed by atoms with van der Waals surface area (Å²) in [6, 6.07) is 0. The molecule has 0 saturated carbocycles. The second-order valence-corrected chi connectivity index (χ2v) is 4.70. The number of hydrogen-bond donors (Lipinski definition) is 4. The number of aliphatic hydroxyl groups excluding tert-OH is 4. The number of ketones is 1. The molecule has 2 unspecified atom stereocenters. The Balaban J connectivity index is 2.75. The minimum atomic E-state index is -1.64. The maximum absolute atomic E-state index is 11.8. The monoisotopic (exact) mass is 290 g/mol. The first kappa shape index (κ1) is 17.2. The Kier molecular flexibility index (Phi) is 6.74. The molecule has 0 spiro atoms. The van der Waals surface area contributed by atoms with E-state index in [9.17, 15) is 25.2 Å². The number of carbonyl (C=O) groups excluding carboxylic acids is 1. The molecule has 1 saturated heterocycles. The summed E-state index contributed by atoms with van der Waals surface area (Å²) in [6.07, 6.45) is -6.36. The molecule has 1 aliphatic heterocycles. The molecule has 6 atom stereocenters. The number of aliphatic hydroxyl groups is 4. The van der Waals surface area contributed by atoms with Crippen LogP contribution in [-0.2, 0) is 14.3 Å². The van der Waals surface area contributed by atoms with Gasteiger partial charge in [-0.25, -0.2) is 0 Å². The highest BCUT2D eigenvalue weighted by molar-refractivity contribution is 5.89. The highest BCUT2D eigenvalue weighted by atomic mass is 16.7. The maximum Gasteiger partial charge on any atom is 0.196 e. The Labute approximate surface area is 117 Å². The fraction of sp³-hybridized carbons (Fsp3) is 0.769. The van der Waals surface area contributed by atoms with Gasteiger partial charge in [0.1, 0.15) is 24.4 Å². The Morgan fingerprint density at radius 3 is 2.55 bits per heavy atom. The van der Waals surface area contributed by atoms with Crippen LogP contribution in [0.2, 0.25) is 0 Å². The van der Waals surface area contributed by atoms with E-state index in [4.69, 9.17) is 9.47 Å². The molecule has 4 N–H and O–H groups in total. The molecule has 0 aromatic carbocycles. The highest BCUT2D eigenvalue weighted by Crippen LogP contribution is 2.23. The summed E-state index contributed by atoms with van der Waals surface area (Å²) >= 11 is 0. The highest BCUT2D eigenvalue weighted by Gasteiger charge is 2.47. The lowest BCUT2D eigenvalue weighted by Crippen LogP contribution is -2.61. The van der Waals surface area contributed by atoms with E-state index in [1.54, 1.807) is 0 Å². The Morgan fingerprint density at radius 2 is 2.00 bits per heavy atom. The molecule has 0 aliphatic carbocycles. The molecule has 0 aromatic rings. The zero-order chi connectivity index (χ0) is 15.3. The minimum Gasteiger partial charge on any atom is -0.387 e. The van der Waals surface area contributed by atoms with Crippen LogP contribution in [0.3, 0.4) is 0 Å². The van der Waals surface area contributed by atoms with E-state index < -0.39 is 42.6 Å². The summed E-state index contributed by atoms with van der Waals surface area (Å²) in [5.41, 5.74) is 0. The maximum atomic E-state index is 11.8. The van der Waals surface area contributed by atoms with Gasteiger partial charge in [0, 0.05) is 6.61 Å². The van der Waals surface area contributed by atoms with E-state index in [2.05, 4.69) is 6.58 Å². The van der Waals surface area contributed by atoms with Crippen molar-refractivity contribution in [3.63, 3.8) is 0 Å². The molecule has 1 rings (SSSR count). The average Bonchev–Trinajstić information content (AvgIpc) is 2.45. The number of Topliss-reactive ketones (excluding diaryl/α,β-unsaturated/α-hetero) is 1. The Morgan fingerprint density at radius 1 is 1.35 bits per heavy atom. The Hall–Kier alpha value is -0.830. The third kappa shape index (κ3) is 3.85. The summed E-state index contributed by atoms with van der Waals surface area (Å²) in [5.74, 6) is -0.845. The van der Waals surface area contributed by atoms with Gasteiger partial charge in [-0.15, -0.1) is 6.58 Å². The fourth-order valence-electron chi connectivity index (χ4n) is 1.85. The van der Waals surface area contributed by atoms with Crippen LogP contribution < -0.4 is 0 Å². The molecule has 1 aliphatic rings. The van der Waals surface area contributed by atoms with Crippen molar-refractivity contribution in [2.45, 2.75) is 56.6 Å². The molecule has 1 fully saturated rings. The molecular formula is C13H22O7. The lowest BCUT2D eigenvalue weighted by Gasteiger charge is -2.39. The van der Waals surface area contributed by atoms with Gasteiger partial charge in [-0.3, -0.25) is 4.79 Å². The SMILES string of the molecule is C=CC(O)C(=O)[C@H]1OC(OCCCC)[C@H](O)[C@@H](O)[C@@H]1O. The van der Waals surface area contributed by atoms with Crippen molar-refractivity contribution in [1.82, 2.24) is 0 Å². The summed E-state index contributed by atoms with van der Waals surface area (Å²) in [7, 11) is 0. The van der Waals surface area contributed by atoms with Gasteiger partial charge in [0.25, 0.3) is 0 Å². The van der Waals surface area contributed by atoms with E-state index in [1.165, 1.54) is 0 Å². The first-order valence-electron chi connectivity index (χ1n) is 6.59. The van der Waals surface area contributed by atoms with Crippen LogP contribution in [0.4, 0.5) is 0 Å². The first-order valence-corrected chi connectivity index (χ1v) is 6.59. The van der Waals surface area contributed by atoms with Crippen molar-refractivity contribution >= 4 is 5.78 Å². The molecule has 7 heteroatoms. The number of carbonyl (C=O) groups is 1. The smallest absolute Gasteiger partial charge is 0.196 e. The summed E-state index contributed by atoms with van der Waals surface area (Å²) in [4.78, 5) is 11.8. The number of rotatable bonds is 7. The van der Waals surface area contributed by atoms with E-state index in [0.29, 0.717) is 0 Å². The molecular weight excluding hydrogens is 268 g/mol. The molecule has 7 nitrogen and oxygen atoms in total. The van der Waals surface area contributed by atoms with Crippen LogP contribution in [0, 0.1) is 0 Å². The van der Waals surface area contributed by atoms with Gasteiger partial charge in [0.05, 0.1) is 0 Å². The third-order valence-corrected chi connectivity index (χ3v) is 3.14. The van der Waals surface area contributed by atoms with Gasteiger partial charge in [-0.1, -0.05) is 19.4 Å². The molecule has 0 radical (unpaired) electrons. The van der Waals surface area contributed by atoms with Crippen LogP contribution >= 0.6 is 0 Å². The van der Waals surface area contributed by atoms with E-state index >= 15 is 0 Å². The second kappa shape index (κ2) is 7.82. The van der Waals surface area contributed by atoms with Gasteiger partial charge in [-0.2, -0.15) is 0 Å². The summed E-state index contributed by atoms with van der Waals surface area (Å²) in [5, 5.41) is 38.6. The topological polar surface area (TPSA) is 116 Å². The predicted molar refractivity (Wildman–Crippen MR) is 68.8 cm³/mol. The fourth-order valence-corrected chi connectivity index (χ4v) is 1.85. The largest absolute Gasteiger partial charge is 0.387 e. The normalized spacial score (nSPS) is 35.5. The molecule has 0 aromatic heterocycles. The van der Waals surface area contributed by atoms with Crippen molar-refractivity contribution in [1.29, 1.82) is 0 Å². The lowest BCUT2D eigenvalue weighted by molar-refractivity contribution is -0.291. The van der Waals surface area contributed by atoms with Crippen LogP contribution in [0.5, 0.6) is 0 Å². The van der Waals surface area contributed by atoms with Crippen molar-refractivity contribution in [2.75, 3.05) is 6.61 Å². The van der Waals surface area contributed by atoms with E-state index in [0.717, 1.165) is 18.9 Å². The molecule has 0 amide bonds. The van der Waals surface area contributed by atoms with E-state index in [1.807, 2.05) is 6.92 Å². The lowest BCUT2D eigenvalue weighted by atomic mass is 9.94. The number of hydrogen-bond acceptors (Lipinski definition) is 7. The molecule has 116 valence electrons. The summed E-state index contributed by atoms with van der Waals surface area (Å²) < 4.78 is 10.4. The predicted octanol–water partition coefficient (Wildman–Crippen LogP) is -1.27. The number of ether oxygens (including phenoxy) is 2. The van der Waals surface area contributed by atoms with Gasteiger partial charge < -0.3 is 29.9 Å². The van der Waals surface area contributed by atoms with E-state index in [-0.39, 0.29) is 6.61 Å². The van der Waals surface area contributed by atoms with Crippen molar-refractivity contribution in [3.05, 3.63) is 12.7 Å². The van der Waals surface area contributed by atoms with Crippen LogP contribution in [-0.4, -0.2) is 69.6 Å². The second-order valence-electron chi connectivity index (χ2n) is 4.70. The molecule has 20 heavy (non-hydrogen) atoms. The van der Waals surface area contributed by atoms with Gasteiger partial charge in [-0.05, 0) is 6.42 Å². The van der Waals surface area contributed by atoms with Crippen LogP contribution in [0.1, 0.15) is 19.8 Å². The van der Waals surface area contributed by atoms with Crippen LogP contribution in [0.15, 0.2) is 12.7 Å². The zero-order valence-corrected chi connectivity index (χ0v) is 11.4. The van der Waals surface area contributed by atoms with Crippen molar-refractivity contribution < 1.29 is 34.7 Å². The van der Waals surface area contributed by atoms with Gasteiger partial charge in [0.15, 0.2) is 18.2 Å². The quantitative estimate of drug-likeness (QED) is 0.341. The minimum absolute atomic E-state index is 0.284. The van der Waals surface area contributed by atoms with Crippen molar-refractivity contribution in [2.24, 2.45) is 0 Å². The summed E-state index contributed by atoms with van der Waals surface area (Å²) in [6.45, 7) is 5.50. The van der Waals surface area contributed by atoms with Gasteiger partial charge in [0.2, 0.25) is 0 Å². The number of unbranched alkanes of at least 4 members (excludes halogenated alkanes) is 1. The third-order valence-electron chi connectivity index (χ3n) is 3.14.